The second-order valence-corrected chi connectivity index (χ2v) is 3.50. The van der Waals surface area contributed by atoms with Crippen molar-refractivity contribution in [2.45, 2.75) is 0 Å². The summed E-state index contributed by atoms with van der Waals surface area (Å²) in [6.45, 7) is 0. The Morgan fingerprint density at radius 2 is 1.71 bits per heavy atom. The van der Waals surface area contributed by atoms with E-state index in [1.807, 2.05) is 0 Å². The molecule has 0 aromatic carbocycles. The van der Waals surface area contributed by atoms with Gasteiger partial charge >= 0.3 is 62.4 Å². The van der Waals surface area contributed by atoms with E-state index >= 15 is 0 Å². The number of hydrogen-bond donors (Lipinski definition) is 2. The minimum Gasteiger partial charge on any atom is 0 e. The molecule has 0 fully saturated rings. The molecule has 0 rings (SSSR count). The third-order valence-corrected chi connectivity index (χ3v) is 2.65. The molecule has 4 nitrogen and oxygen atoms in total. The zero-order valence-corrected chi connectivity index (χ0v) is 8.74. The summed E-state index contributed by atoms with van der Waals surface area (Å²) in [7, 11) is -4.08. The Labute approximate surface area is 107 Å². The molecule has 0 amide bonds. The van der Waals surface area contributed by atoms with Crippen molar-refractivity contribution >= 4 is 7.82 Å². The van der Waals surface area contributed by atoms with Gasteiger partial charge in [-0.05, 0) is 0 Å². The van der Waals surface area contributed by atoms with Crippen molar-refractivity contribution in [2.24, 2.45) is 0 Å². The third-order valence-electron chi connectivity index (χ3n) is 0.119. The van der Waals surface area contributed by atoms with Crippen LogP contribution in [-0.2, 0) is 5.42 Å². The van der Waals surface area contributed by atoms with Crippen LogP contribution < -0.4 is 0 Å². The molecule has 0 atom stereocenters. The number of rotatable bonds is 1. The fraction of sp³-hybridized carbons (Fsp3) is 0. The molecular formula is H2NdO4PYb. The predicted molar refractivity (Wildman–Crippen MR) is 13.1 cm³/mol. The molecule has 0 heterocycles. The Hall–Kier alpha value is 2.98. The molecule has 7 heavy (non-hydrogen) atoms. The Bertz CT molecular complexity index is 75.8. The first-order chi connectivity index (χ1) is 2.56. The van der Waals surface area contributed by atoms with Crippen molar-refractivity contribution < 1.29 is 101 Å². The van der Waals surface area contributed by atoms with Crippen LogP contribution in [0.1, 0.15) is 0 Å². The van der Waals surface area contributed by atoms with Gasteiger partial charge in [0.05, 0.1) is 0 Å². The monoisotopic (exact) mass is 413 g/mol. The predicted octanol–water partition coefficient (Wildman–Crippen LogP) is -0.440. The van der Waals surface area contributed by atoms with Gasteiger partial charge in [-0.25, -0.2) is 0 Å². The molecule has 0 aliphatic rings. The normalized spacial score (nSPS) is 9.86. The van der Waals surface area contributed by atoms with Gasteiger partial charge in [0, 0.05) is 46.9 Å². The number of phosphoric acid groups is 1. The minimum atomic E-state index is -4.08. The van der Waals surface area contributed by atoms with Gasteiger partial charge in [-0.15, -0.1) is 0 Å². The van der Waals surface area contributed by atoms with E-state index in [9.17, 15) is 4.57 Å². The van der Waals surface area contributed by atoms with E-state index in [1.165, 1.54) is 0 Å². The van der Waals surface area contributed by atoms with E-state index in [2.05, 4.69) is 0.851 Å². The second kappa shape index (κ2) is 5.74. The molecular weight excluding hydrogens is 412 g/mol. The summed E-state index contributed by atoms with van der Waals surface area (Å²) in [5, 5.41) is 0. The van der Waals surface area contributed by atoms with Crippen LogP contribution in [0, 0.1) is 86.3 Å². The zero-order chi connectivity index (χ0) is 5.21. The summed E-state index contributed by atoms with van der Waals surface area (Å²) in [6.07, 6.45) is 0. The fourth-order valence-electron chi connectivity index (χ4n) is 0. The zero-order valence-electron chi connectivity index (χ0n) is 2.93. The van der Waals surface area contributed by atoms with Crippen LogP contribution in [0.15, 0.2) is 0 Å². The van der Waals surface area contributed by atoms with Crippen molar-refractivity contribution in [2.75, 3.05) is 0 Å². The van der Waals surface area contributed by atoms with Crippen LogP contribution in [-0.4, -0.2) is 9.79 Å². The second-order valence-electron chi connectivity index (χ2n) is 0.582. The Kier molecular flexibility index (Phi) is 10.4. The summed E-state index contributed by atoms with van der Waals surface area (Å²) in [4.78, 5) is 15.5. The van der Waals surface area contributed by atoms with E-state index in [1.54, 1.807) is 0 Å². The molecule has 0 aromatic heterocycles. The van der Waals surface area contributed by atoms with Gasteiger partial charge in [0.15, 0.2) is 0 Å². The van der Waals surface area contributed by atoms with Crippen molar-refractivity contribution in [1.29, 1.82) is 0 Å². The largest absolute Gasteiger partial charge is 0 e. The van der Waals surface area contributed by atoms with Gasteiger partial charge in [-0.1, -0.05) is 0 Å². The summed E-state index contributed by atoms with van der Waals surface area (Å²) >= 11 is 0.0849. The molecule has 0 aromatic rings. The van der Waals surface area contributed by atoms with Crippen LogP contribution in [0.4, 0.5) is 0 Å². The maximum absolute atomic E-state index is 9.51. The van der Waals surface area contributed by atoms with E-state index in [0.717, 1.165) is 0 Å². The Morgan fingerprint density at radius 1 is 1.57 bits per heavy atom. The van der Waals surface area contributed by atoms with Crippen LogP contribution in [0.5, 0.6) is 0 Å². The first kappa shape index (κ1) is 12.6. The van der Waals surface area contributed by atoms with Crippen LogP contribution >= 0.6 is 7.82 Å². The SMILES string of the molecule is O=P(O)(O)[O][Nd].[Yb]. The Balaban J connectivity index is 0. The fourth-order valence-corrected chi connectivity index (χ4v) is 0. The van der Waals surface area contributed by atoms with Gasteiger partial charge in [0.25, 0.3) is 0 Å². The van der Waals surface area contributed by atoms with Crippen molar-refractivity contribution in [1.82, 2.24) is 0 Å². The molecule has 0 saturated heterocycles. The minimum absolute atomic E-state index is 0. The molecule has 0 bridgehead atoms. The van der Waals surface area contributed by atoms with Crippen molar-refractivity contribution in [3.05, 3.63) is 0 Å². The van der Waals surface area contributed by atoms with Gasteiger partial charge in [-0.3, -0.25) is 0 Å². The average molecular weight is 414 g/mol. The van der Waals surface area contributed by atoms with Gasteiger partial charge < -0.3 is 0 Å². The quantitative estimate of drug-likeness (QED) is 0.572. The van der Waals surface area contributed by atoms with Crippen molar-refractivity contribution in [3.63, 3.8) is 0 Å². The van der Waals surface area contributed by atoms with E-state index in [-0.39, 0.29) is 86.3 Å². The molecule has 49 valence electrons. The standard InChI is InChI=1S/Nd.H3O4P.Yb/c;1-5(2,3)4;/h;(H3,1,2,3,4);/q+1;;/p-1. The van der Waals surface area contributed by atoms with Gasteiger partial charge in [0.1, 0.15) is 0 Å². The molecule has 0 aliphatic carbocycles. The van der Waals surface area contributed by atoms with Crippen LogP contribution in [0.3, 0.4) is 0 Å². The number of hydrogen-bond acceptors (Lipinski definition) is 2. The summed E-state index contributed by atoms with van der Waals surface area (Å²) in [6, 6.07) is 0. The molecule has 0 saturated carbocycles. The molecule has 7 heteroatoms. The first-order valence-corrected chi connectivity index (χ1v) is 3.81. The van der Waals surface area contributed by atoms with Crippen LogP contribution in [0.25, 0.3) is 0 Å². The maximum Gasteiger partial charge on any atom is 0 e. The summed E-state index contributed by atoms with van der Waals surface area (Å²) in [5.74, 6) is 0. The first-order valence-electron chi connectivity index (χ1n) is 0.969. The molecule has 0 unspecified atom stereocenters. The van der Waals surface area contributed by atoms with Gasteiger partial charge in [-0.2, -0.15) is 0 Å². The molecule has 2 N–H and O–H groups in total. The van der Waals surface area contributed by atoms with E-state index < -0.39 is 7.82 Å². The van der Waals surface area contributed by atoms with Crippen LogP contribution in [0.2, 0.25) is 0 Å². The van der Waals surface area contributed by atoms with E-state index in [0.29, 0.717) is 0 Å². The Morgan fingerprint density at radius 3 is 1.71 bits per heavy atom. The van der Waals surface area contributed by atoms with E-state index in [4.69, 9.17) is 9.79 Å². The molecule has 0 radical (unpaired) electrons. The van der Waals surface area contributed by atoms with Gasteiger partial charge in [0.2, 0.25) is 0 Å². The molecule has 0 spiro atoms. The topological polar surface area (TPSA) is 66.8 Å². The van der Waals surface area contributed by atoms with Crippen molar-refractivity contribution in [3.8, 4) is 0 Å². The summed E-state index contributed by atoms with van der Waals surface area (Å²) in [5.41, 5.74) is 0. The smallest absolute Gasteiger partial charge is 0 e. The molecule has 0 aliphatic heterocycles. The maximum atomic E-state index is 9.51. The average Bonchev–Trinajstić information content (AvgIpc) is 1.35. The summed E-state index contributed by atoms with van der Waals surface area (Å²) < 4.78 is 13.2. The third kappa shape index (κ3) is 12.2.